The molecular formula is C14H25ClN4. The second-order valence-electron chi connectivity index (χ2n) is 5.08. The van der Waals surface area contributed by atoms with Crippen molar-refractivity contribution in [2.45, 2.75) is 26.4 Å². The van der Waals surface area contributed by atoms with Crippen LogP contribution in [-0.2, 0) is 6.54 Å². The quantitative estimate of drug-likeness (QED) is 0.832. The number of aromatic nitrogens is 1. The molecule has 1 unspecified atom stereocenters. The highest BCUT2D eigenvalue weighted by atomic mass is 35.5. The Balaban J connectivity index is 2.92. The molecule has 0 aromatic carbocycles. The van der Waals surface area contributed by atoms with E-state index in [-0.39, 0.29) is 0 Å². The zero-order valence-electron chi connectivity index (χ0n) is 12.6. The van der Waals surface area contributed by atoms with Crippen LogP contribution in [0.3, 0.4) is 0 Å². The van der Waals surface area contributed by atoms with Gasteiger partial charge in [0.2, 0.25) is 0 Å². The fourth-order valence-electron chi connectivity index (χ4n) is 2.28. The van der Waals surface area contributed by atoms with Crippen LogP contribution in [0.4, 0.5) is 5.82 Å². The van der Waals surface area contributed by atoms with E-state index < -0.39 is 0 Å². The first kappa shape index (κ1) is 16.2. The molecule has 1 rings (SSSR count). The summed E-state index contributed by atoms with van der Waals surface area (Å²) >= 11 is 6.37. The lowest BCUT2D eigenvalue weighted by atomic mass is 10.2. The number of halogens is 1. The minimum atomic E-state index is 0.375. The second kappa shape index (κ2) is 7.68. The summed E-state index contributed by atoms with van der Waals surface area (Å²) in [6, 6.07) is 2.37. The third-order valence-corrected chi connectivity index (χ3v) is 3.31. The van der Waals surface area contributed by atoms with Gasteiger partial charge in [0.25, 0.3) is 0 Å². The fraction of sp³-hybridized carbons (Fsp3) is 0.643. The Morgan fingerprint density at radius 2 is 2.11 bits per heavy atom. The molecule has 1 aromatic rings. The van der Waals surface area contributed by atoms with Gasteiger partial charge in [0, 0.05) is 31.9 Å². The molecule has 1 N–H and O–H groups in total. The Bertz CT molecular complexity index is 395. The van der Waals surface area contributed by atoms with Crippen LogP contribution in [0.2, 0.25) is 5.02 Å². The lowest BCUT2D eigenvalue weighted by molar-refractivity contribution is 0.372. The first-order valence-electron chi connectivity index (χ1n) is 6.70. The monoisotopic (exact) mass is 284 g/mol. The molecule has 0 fully saturated rings. The molecule has 0 radical (unpaired) electrons. The molecule has 1 atom stereocenters. The third kappa shape index (κ3) is 4.64. The molecule has 1 aromatic heterocycles. The SMILES string of the molecule is CCN(c1ncc(CNC)cc1Cl)C(C)CN(C)C. The summed E-state index contributed by atoms with van der Waals surface area (Å²) in [5.74, 6) is 0.873. The topological polar surface area (TPSA) is 31.4 Å². The molecule has 0 saturated carbocycles. The average molecular weight is 285 g/mol. The summed E-state index contributed by atoms with van der Waals surface area (Å²) < 4.78 is 0. The van der Waals surface area contributed by atoms with Crippen LogP contribution in [0.5, 0.6) is 0 Å². The predicted octanol–water partition coefficient (Wildman–Crippen LogP) is 2.23. The van der Waals surface area contributed by atoms with Gasteiger partial charge in [0.05, 0.1) is 5.02 Å². The van der Waals surface area contributed by atoms with Crippen molar-refractivity contribution < 1.29 is 0 Å². The molecule has 0 saturated heterocycles. The van der Waals surface area contributed by atoms with Crippen molar-refractivity contribution >= 4 is 17.4 Å². The number of nitrogens with zero attached hydrogens (tertiary/aromatic N) is 3. The van der Waals surface area contributed by atoms with E-state index in [2.05, 4.69) is 48.0 Å². The van der Waals surface area contributed by atoms with Crippen LogP contribution in [0, 0.1) is 0 Å². The van der Waals surface area contributed by atoms with Crippen molar-refractivity contribution in [3.05, 3.63) is 22.8 Å². The summed E-state index contributed by atoms with van der Waals surface area (Å²) in [7, 11) is 6.07. The molecule has 0 aliphatic carbocycles. The lowest BCUT2D eigenvalue weighted by Gasteiger charge is -2.31. The third-order valence-electron chi connectivity index (χ3n) is 3.03. The van der Waals surface area contributed by atoms with Crippen LogP contribution in [0.1, 0.15) is 19.4 Å². The number of anilines is 1. The molecule has 19 heavy (non-hydrogen) atoms. The van der Waals surface area contributed by atoms with Gasteiger partial charge in [-0.1, -0.05) is 11.6 Å². The van der Waals surface area contributed by atoms with Gasteiger partial charge in [-0.05, 0) is 46.6 Å². The van der Waals surface area contributed by atoms with Gasteiger partial charge in [0.15, 0.2) is 0 Å². The van der Waals surface area contributed by atoms with Crippen molar-refractivity contribution in [3.63, 3.8) is 0 Å². The standard InChI is InChI=1S/C14H25ClN4/c1-6-19(11(2)10-18(4)5)14-13(15)7-12(8-16-3)9-17-14/h7,9,11,16H,6,8,10H2,1-5H3. The molecule has 5 heteroatoms. The highest BCUT2D eigenvalue weighted by Gasteiger charge is 2.17. The van der Waals surface area contributed by atoms with Gasteiger partial charge in [-0.15, -0.1) is 0 Å². The van der Waals surface area contributed by atoms with E-state index in [0.717, 1.165) is 36.0 Å². The summed E-state index contributed by atoms with van der Waals surface area (Å²) in [6.45, 7) is 6.98. The van der Waals surface area contributed by atoms with E-state index in [1.807, 2.05) is 19.3 Å². The van der Waals surface area contributed by atoms with Gasteiger partial charge in [-0.2, -0.15) is 0 Å². The molecule has 0 aliphatic rings. The van der Waals surface area contributed by atoms with Crippen molar-refractivity contribution in [1.29, 1.82) is 0 Å². The molecule has 0 spiro atoms. The highest BCUT2D eigenvalue weighted by molar-refractivity contribution is 6.33. The largest absolute Gasteiger partial charge is 0.352 e. The summed E-state index contributed by atoms with van der Waals surface area (Å²) in [5.41, 5.74) is 1.10. The zero-order valence-corrected chi connectivity index (χ0v) is 13.3. The fourth-order valence-corrected chi connectivity index (χ4v) is 2.58. The summed E-state index contributed by atoms with van der Waals surface area (Å²) in [4.78, 5) is 8.95. The molecule has 0 bridgehead atoms. The minimum Gasteiger partial charge on any atom is -0.352 e. The maximum Gasteiger partial charge on any atom is 0.147 e. The Kier molecular flexibility index (Phi) is 6.55. The maximum atomic E-state index is 6.37. The summed E-state index contributed by atoms with van der Waals surface area (Å²) in [5, 5.41) is 3.83. The maximum absolute atomic E-state index is 6.37. The van der Waals surface area contributed by atoms with E-state index in [1.165, 1.54) is 0 Å². The lowest BCUT2D eigenvalue weighted by Crippen LogP contribution is -2.40. The van der Waals surface area contributed by atoms with E-state index >= 15 is 0 Å². The van der Waals surface area contributed by atoms with E-state index in [9.17, 15) is 0 Å². The van der Waals surface area contributed by atoms with Crippen LogP contribution in [-0.4, -0.2) is 50.2 Å². The number of hydrogen-bond donors (Lipinski definition) is 1. The number of hydrogen-bond acceptors (Lipinski definition) is 4. The van der Waals surface area contributed by atoms with Crippen LogP contribution < -0.4 is 10.2 Å². The van der Waals surface area contributed by atoms with Crippen LogP contribution in [0.15, 0.2) is 12.3 Å². The average Bonchev–Trinajstić information content (AvgIpc) is 2.32. The van der Waals surface area contributed by atoms with E-state index in [0.29, 0.717) is 6.04 Å². The van der Waals surface area contributed by atoms with Gasteiger partial charge in [-0.3, -0.25) is 0 Å². The Hall–Kier alpha value is -0.840. The van der Waals surface area contributed by atoms with Crippen molar-refractivity contribution in [2.75, 3.05) is 39.1 Å². The number of rotatable bonds is 7. The summed E-state index contributed by atoms with van der Waals surface area (Å²) in [6.07, 6.45) is 1.89. The molecule has 108 valence electrons. The molecule has 1 heterocycles. The van der Waals surface area contributed by atoms with Crippen molar-refractivity contribution in [1.82, 2.24) is 15.2 Å². The minimum absolute atomic E-state index is 0.375. The molecule has 0 aliphatic heterocycles. The smallest absolute Gasteiger partial charge is 0.147 e. The normalized spacial score (nSPS) is 12.8. The Morgan fingerprint density at radius 3 is 2.58 bits per heavy atom. The number of likely N-dealkylation sites (N-methyl/N-ethyl adjacent to an activating group) is 2. The molecule has 0 amide bonds. The first-order chi connectivity index (χ1) is 8.99. The highest BCUT2D eigenvalue weighted by Crippen LogP contribution is 2.25. The van der Waals surface area contributed by atoms with Gasteiger partial charge < -0.3 is 15.1 Å². The first-order valence-corrected chi connectivity index (χ1v) is 7.07. The Morgan fingerprint density at radius 1 is 1.42 bits per heavy atom. The predicted molar refractivity (Wildman–Crippen MR) is 83.0 cm³/mol. The number of nitrogens with one attached hydrogen (secondary N) is 1. The van der Waals surface area contributed by atoms with E-state index in [1.54, 1.807) is 0 Å². The van der Waals surface area contributed by atoms with Crippen LogP contribution >= 0.6 is 11.6 Å². The number of pyridine rings is 1. The molecule has 4 nitrogen and oxygen atoms in total. The van der Waals surface area contributed by atoms with Gasteiger partial charge in [0.1, 0.15) is 5.82 Å². The Labute approximate surface area is 121 Å². The van der Waals surface area contributed by atoms with Gasteiger partial charge in [-0.25, -0.2) is 4.98 Å². The van der Waals surface area contributed by atoms with Crippen molar-refractivity contribution in [3.8, 4) is 0 Å². The van der Waals surface area contributed by atoms with Gasteiger partial charge >= 0.3 is 0 Å². The second-order valence-corrected chi connectivity index (χ2v) is 5.48. The van der Waals surface area contributed by atoms with E-state index in [4.69, 9.17) is 11.6 Å². The van der Waals surface area contributed by atoms with Crippen LogP contribution in [0.25, 0.3) is 0 Å². The molecular weight excluding hydrogens is 260 g/mol. The zero-order chi connectivity index (χ0) is 14.4. The van der Waals surface area contributed by atoms with Crippen molar-refractivity contribution in [2.24, 2.45) is 0 Å².